The number of nitrogens with two attached hydrogens (primary N) is 1. The molecule has 0 aromatic heterocycles. The first-order chi connectivity index (χ1) is 9.52. The summed E-state index contributed by atoms with van der Waals surface area (Å²) in [5.74, 6) is -0.657. The van der Waals surface area contributed by atoms with Gasteiger partial charge in [-0.3, -0.25) is 0 Å². The van der Waals surface area contributed by atoms with Gasteiger partial charge < -0.3 is 5.73 Å². The van der Waals surface area contributed by atoms with E-state index in [-0.39, 0.29) is 24.2 Å². The number of sulfonamides is 1. The molecular weight excluding hydrogens is 312 g/mol. The molecule has 9 heteroatoms. The predicted molar refractivity (Wildman–Crippen MR) is 69.5 cm³/mol. The second kappa shape index (κ2) is 6.29. The molecule has 21 heavy (non-hydrogen) atoms. The summed E-state index contributed by atoms with van der Waals surface area (Å²) >= 11 is 0. The standard InChI is InChI=1S/C12H16F4N2O2S/c1-3-18(7-12(14,15)16)21(19,20)10-4-8(2)11(13)9(5-10)6-17/h4-5H,3,6-7,17H2,1-2H3. The third-order valence-electron chi connectivity index (χ3n) is 2.87. The van der Waals surface area contributed by atoms with Gasteiger partial charge in [0.15, 0.2) is 0 Å². The smallest absolute Gasteiger partial charge is 0.326 e. The van der Waals surface area contributed by atoms with Crippen molar-refractivity contribution in [2.24, 2.45) is 5.73 Å². The maximum absolute atomic E-state index is 13.7. The van der Waals surface area contributed by atoms with E-state index in [1.807, 2.05) is 0 Å². The van der Waals surface area contributed by atoms with Gasteiger partial charge in [-0.05, 0) is 24.6 Å². The Hall–Kier alpha value is -1.19. The van der Waals surface area contributed by atoms with Gasteiger partial charge in [0.1, 0.15) is 12.4 Å². The molecule has 1 aromatic carbocycles. The number of nitrogens with zero attached hydrogens (tertiary/aromatic N) is 1. The van der Waals surface area contributed by atoms with Crippen molar-refractivity contribution in [3.05, 3.63) is 29.1 Å². The highest BCUT2D eigenvalue weighted by Crippen LogP contribution is 2.25. The summed E-state index contributed by atoms with van der Waals surface area (Å²) in [6.45, 7) is 0.426. The van der Waals surface area contributed by atoms with Crippen LogP contribution >= 0.6 is 0 Å². The van der Waals surface area contributed by atoms with Crippen molar-refractivity contribution in [3.63, 3.8) is 0 Å². The molecule has 0 saturated carbocycles. The Kier molecular flexibility index (Phi) is 5.35. The molecule has 1 rings (SSSR count). The molecule has 120 valence electrons. The lowest BCUT2D eigenvalue weighted by molar-refractivity contribution is -0.135. The van der Waals surface area contributed by atoms with Gasteiger partial charge in [0.25, 0.3) is 0 Å². The zero-order valence-corrected chi connectivity index (χ0v) is 12.4. The van der Waals surface area contributed by atoms with Crippen LogP contribution in [0.2, 0.25) is 0 Å². The largest absolute Gasteiger partial charge is 0.402 e. The molecule has 0 amide bonds. The predicted octanol–water partition coefficient (Wildman–Crippen LogP) is 2.17. The van der Waals surface area contributed by atoms with Gasteiger partial charge in [-0.2, -0.15) is 17.5 Å². The highest BCUT2D eigenvalue weighted by molar-refractivity contribution is 7.89. The summed E-state index contributed by atoms with van der Waals surface area (Å²) in [6, 6.07) is 1.97. The lowest BCUT2D eigenvalue weighted by Crippen LogP contribution is -2.38. The quantitative estimate of drug-likeness (QED) is 0.843. The van der Waals surface area contributed by atoms with Crippen molar-refractivity contribution in [2.45, 2.75) is 31.5 Å². The second-order valence-electron chi connectivity index (χ2n) is 4.46. The van der Waals surface area contributed by atoms with Gasteiger partial charge in [0.2, 0.25) is 10.0 Å². The van der Waals surface area contributed by atoms with E-state index in [1.165, 1.54) is 13.8 Å². The van der Waals surface area contributed by atoms with Crippen molar-refractivity contribution in [2.75, 3.05) is 13.1 Å². The van der Waals surface area contributed by atoms with Crippen LogP contribution in [0, 0.1) is 12.7 Å². The van der Waals surface area contributed by atoms with E-state index in [0.29, 0.717) is 4.31 Å². The Balaban J connectivity index is 3.32. The Bertz CT molecular complexity index is 614. The van der Waals surface area contributed by atoms with Crippen LogP contribution in [0.4, 0.5) is 17.6 Å². The van der Waals surface area contributed by atoms with Crippen LogP contribution in [0.15, 0.2) is 17.0 Å². The molecule has 1 aromatic rings. The molecule has 0 radical (unpaired) electrons. The van der Waals surface area contributed by atoms with E-state index < -0.39 is 33.5 Å². The number of hydrogen-bond acceptors (Lipinski definition) is 3. The van der Waals surface area contributed by atoms with Gasteiger partial charge in [-0.25, -0.2) is 12.8 Å². The number of aryl methyl sites for hydroxylation is 1. The summed E-state index contributed by atoms with van der Waals surface area (Å²) in [5, 5.41) is 0. The minimum absolute atomic E-state index is 0.0135. The second-order valence-corrected chi connectivity index (χ2v) is 6.40. The van der Waals surface area contributed by atoms with Crippen LogP contribution in [0.5, 0.6) is 0 Å². The van der Waals surface area contributed by atoms with E-state index in [2.05, 4.69) is 0 Å². The highest BCUT2D eigenvalue weighted by atomic mass is 32.2. The first-order valence-electron chi connectivity index (χ1n) is 6.09. The number of rotatable bonds is 5. The minimum Gasteiger partial charge on any atom is -0.326 e. The van der Waals surface area contributed by atoms with Crippen molar-refractivity contribution < 1.29 is 26.0 Å². The number of halogens is 4. The average Bonchev–Trinajstić information content (AvgIpc) is 2.37. The summed E-state index contributed by atoms with van der Waals surface area (Å²) in [4.78, 5) is -0.395. The number of benzene rings is 1. The molecule has 0 heterocycles. The molecule has 0 aliphatic heterocycles. The van der Waals surface area contributed by atoms with Crippen LogP contribution in [-0.4, -0.2) is 32.0 Å². The molecule has 0 fully saturated rings. The number of alkyl halides is 3. The third-order valence-corrected chi connectivity index (χ3v) is 4.77. The van der Waals surface area contributed by atoms with Crippen LogP contribution in [0.3, 0.4) is 0 Å². The Labute approximate surface area is 120 Å². The first-order valence-corrected chi connectivity index (χ1v) is 7.53. The maximum atomic E-state index is 13.7. The fraction of sp³-hybridized carbons (Fsp3) is 0.500. The molecular formula is C12H16F4N2O2S. The Morgan fingerprint density at radius 1 is 1.29 bits per heavy atom. The highest BCUT2D eigenvalue weighted by Gasteiger charge is 2.36. The number of hydrogen-bond donors (Lipinski definition) is 1. The van der Waals surface area contributed by atoms with Gasteiger partial charge in [-0.1, -0.05) is 6.92 Å². The monoisotopic (exact) mass is 328 g/mol. The normalized spacial score (nSPS) is 13.0. The lowest BCUT2D eigenvalue weighted by Gasteiger charge is -2.22. The van der Waals surface area contributed by atoms with Gasteiger partial charge >= 0.3 is 6.18 Å². The maximum Gasteiger partial charge on any atom is 0.402 e. The molecule has 2 N–H and O–H groups in total. The van der Waals surface area contributed by atoms with Crippen LogP contribution in [-0.2, 0) is 16.6 Å². The van der Waals surface area contributed by atoms with Crippen LogP contribution in [0.1, 0.15) is 18.1 Å². The molecule has 0 aliphatic carbocycles. The fourth-order valence-electron chi connectivity index (χ4n) is 1.82. The minimum atomic E-state index is -4.66. The van der Waals surface area contributed by atoms with Gasteiger partial charge in [0.05, 0.1) is 4.90 Å². The Morgan fingerprint density at radius 3 is 2.29 bits per heavy atom. The summed E-state index contributed by atoms with van der Waals surface area (Å²) < 4.78 is 75.7. The zero-order valence-electron chi connectivity index (χ0n) is 11.5. The van der Waals surface area contributed by atoms with Crippen molar-refractivity contribution in [1.82, 2.24) is 4.31 Å². The molecule has 0 bridgehead atoms. The zero-order chi connectivity index (χ0) is 16.4. The van der Waals surface area contributed by atoms with E-state index in [0.717, 1.165) is 12.1 Å². The summed E-state index contributed by atoms with van der Waals surface area (Å²) in [7, 11) is -4.37. The molecule has 0 aliphatic rings. The van der Waals surface area contributed by atoms with E-state index >= 15 is 0 Å². The molecule has 0 unspecified atom stereocenters. The molecule has 0 saturated heterocycles. The van der Waals surface area contributed by atoms with Crippen molar-refractivity contribution >= 4 is 10.0 Å². The lowest BCUT2D eigenvalue weighted by atomic mass is 10.1. The molecule has 4 nitrogen and oxygen atoms in total. The summed E-state index contributed by atoms with van der Waals surface area (Å²) in [6.07, 6.45) is -4.66. The van der Waals surface area contributed by atoms with E-state index in [4.69, 9.17) is 5.73 Å². The first kappa shape index (κ1) is 17.9. The van der Waals surface area contributed by atoms with E-state index in [9.17, 15) is 26.0 Å². The van der Waals surface area contributed by atoms with Crippen LogP contribution in [0.25, 0.3) is 0 Å². The average molecular weight is 328 g/mol. The summed E-state index contributed by atoms with van der Waals surface area (Å²) in [5.41, 5.74) is 5.27. The molecule has 0 spiro atoms. The van der Waals surface area contributed by atoms with Crippen LogP contribution < -0.4 is 5.73 Å². The molecule has 0 atom stereocenters. The van der Waals surface area contributed by atoms with E-state index in [1.54, 1.807) is 0 Å². The van der Waals surface area contributed by atoms with Gasteiger partial charge in [-0.15, -0.1) is 0 Å². The van der Waals surface area contributed by atoms with Gasteiger partial charge in [0, 0.05) is 18.7 Å². The van der Waals surface area contributed by atoms with Crippen molar-refractivity contribution in [1.29, 1.82) is 0 Å². The SMILES string of the molecule is CCN(CC(F)(F)F)S(=O)(=O)c1cc(C)c(F)c(CN)c1. The topological polar surface area (TPSA) is 63.4 Å². The Morgan fingerprint density at radius 2 is 1.86 bits per heavy atom. The van der Waals surface area contributed by atoms with Crippen molar-refractivity contribution in [3.8, 4) is 0 Å². The fourth-order valence-corrected chi connectivity index (χ4v) is 3.39. The third kappa shape index (κ3) is 4.14.